The second kappa shape index (κ2) is 10.3. The number of carbonyl (C=O) groups excluding carboxylic acids is 2. The van der Waals surface area contributed by atoms with Crippen LogP contribution in [0.25, 0.3) is 10.9 Å². The number of amides is 2. The number of cyclic esters (lactones) is 1. The molecule has 11 nitrogen and oxygen atoms in total. The number of carboxylic acids is 1. The number of aryl methyl sites for hydroxylation is 1. The van der Waals surface area contributed by atoms with Crippen LogP contribution in [0.15, 0.2) is 23.0 Å². The largest absolute Gasteiger partial charge is 0.496 e. The van der Waals surface area contributed by atoms with E-state index in [0.29, 0.717) is 28.8 Å². The number of methoxy groups -OCH3 is 1. The molecule has 200 valence electrons. The van der Waals surface area contributed by atoms with E-state index in [-0.39, 0.29) is 30.5 Å². The van der Waals surface area contributed by atoms with E-state index in [1.807, 2.05) is 19.9 Å². The molecule has 0 radical (unpaired) electrons. The molecule has 4 rings (SSSR count). The van der Waals surface area contributed by atoms with Crippen LogP contribution in [0.4, 0.5) is 4.79 Å². The number of benzene rings is 1. The van der Waals surface area contributed by atoms with Gasteiger partial charge in [-0.1, -0.05) is 13.8 Å². The van der Waals surface area contributed by atoms with Crippen LogP contribution in [-0.4, -0.2) is 71.4 Å². The third kappa shape index (κ3) is 5.81. The molecule has 1 aromatic heterocycles. The Hall–Kier alpha value is -3.76. The van der Waals surface area contributed by atoms with Crippen molar-refractivity contribution in [2.45, 2.75) is 64.6 Å². The summed E-state index contributed by atoms with van der Waals surface area (Å²) in [5.74, 6) is -0.800. The molecule has 1 saturated heterocycles. The van der Waals surface area contributed by atoms with Gasteiger partial charge in [0, 0.05) is 23.9 Å². The highest BCUT2D eigenvalue weighted by Crippen LogP contribution is 2.34. The molecule has 2 amide bonds. The van der Waals surface area contributed by atoms with Crippen molar-refractivity contribution in [2.24, 2.45) is 5.41 Å². The van der Waals surface area contributed by atoms with Crippen molar-refractivity contribution in [3.63, 3.8) is 0 Å². The van der Waals surface area contributed by atoms with Crippen molar-refractivity contribution >= 4 is 28.9 Å². The first-order valence-electron chi connectivity index (χ1n) is 12.3. The highest BCUT2D eigenvalue weighted by atomic mass is 16.5. The molecule has 0 aliphatic carbocycles. The first-order valence-corrected chi connectivity index (χ1v) is 12.3. The van der Waals surface area contributed by atoms with Crippen molar-refractivity contribution < 1.29 is 33.7 Å². The van der Waals surface area contributed by atoms with Crippen LogP contribution in [0.1, 0.15) is 45.6 Å². The van der Waals surface area contributed by atoms with Gasteiger partial charge < -0.3 is 34.5 Å². The number of nitrogens with zero attached hydrogens (tertiary/aromatic N) is 1. The number of carbonyl (C=O) groups is 3. The Kier molecular flexibility index (Phi) is 7.33. The van der Waals surface area contributed by atoms with Crippen LogP contribution < -0.4 is 20.3 Å². The van der Waals surface area contributed by atoms with Crippen LogP contribution >= 0.6 is 0 Å². The molecular formula is C26H33N3O8. The number of fused-ring (bicyclic) bond motifs is 3. The van der Waals surface area contributed by atoms with Crippen molar-refractivity contribution in [1.82, 2.24) is 15.2 Å². The van der Waals surface area contributed by atoms with Gasteiger partial charge in [-0.15, -0.1) is 0 Å². The molecule has 0 saturated carbocycles. The quantitative estimate of drug-likeness (QED) is 0.553. The third-order valence-corrected chi connectivity index (χ3v) is 6.93. The molecule has 3 atom stereocenters. The number of hydrogen-bond donors (Lipinski definition) is 3. The lowest BCUT2D eigenvalue weighted by Gasteiger charge is -2.27. The van der Waals surface area contributed by atoms with Gasteiger partial charge in [-0.05, 0) is 43.2 Å². The Balaban J connectivity index is 1.75. The van der Waals surface area contributed by atoms with E-state index in [1.54, 1.807) is 13.2 Å². The number of rotatable bonds is 2. The van der Waals surface area contributed by atoms with Crippen molar-refractivity contribution in [3.8, 4) is 11.5 Å². The normalized spacial score (nSPS) is 24.5. The minimum absolute atomic E-state index is 0.0127. The molecule has 1 aromatic carbocycles. The van der Waals surface area contributed by atoms with Gasteiger partial charge in [-0.25, -0.2) is 9.59 Å². The van der Waals surface area contributed by atoms with Gasteiger partial charge >= 0.3 is 12.1 Å². The molecule has 4 bridgehead atoms. The minimum Gasteiger partial charge on any atom is -0.496 e. The van der Waals surface area contributed by atoms with Crippen molar-refractivity contribution in [3.05, 3.63) is 34.1 Å². The van der Waals surface area contributed by atoms with Crippen LogP contribution in [0.3, 0.4) is 0 Å². The topological polar surface area (TPSA) is 147 Å². The lowest BCUT2D eigenvalue weighted by atomic mass is 9.87. The fraction of sp³-hybridized carbons (Fsp3) is 0.538. The summed E-state index contributed by atoms with van der Waals surface area (Å²) in [4.78, 5) is 53.9. The number of hydrogen-bond acceptors (Lipinski definition) is 7. The van der Waals surface area contributed by atoms with Crippen molar-refractivity contribution in [2.75, 3.05) is 20.3 Å². The molecule has 11 heteroatoms. The van der Waals surface area contributed by atoms with Crippen molar-refractivity contribution in [1.29, 1.82) is 0 Å². The summed E-state index contributed by atoms with van der Waals surface area (Å²) >= 11 is 0. The van der Waals surface area contributed by atoms with E-state index >= 15 is 0 Å². The number of carboxylic acid groups (broad SMARTS) is 1. The summed E-state index contributed by atoms with van der Waals surface area (Å²) in [6, 6.07) is 2.87. The molecular weight excluding hydrogens is 482 g/mol. The maximum atomic E-state index is 13.1. The standard InChI is InChI=1S/C26H33N3O8/c1-14-23(31)29-12-16(9-19(29)24(32)33)37-21-11-22(30)28-18-10-20(35-4)15(8-17(18)21)6-5-7-26(2,3)13-36-25(34)27-14/h8,10-11,14,16,19H,5-7,9,12-13H2,1-4H3,(H,27,34)(H,28,30)(H,32,33)/t14-,16+,19-/m0/s1. The molecule has 0 spiro atoms. The number of aromatic amines is 1. The van der Waals surface area contributed by atoms with Crippen LogP contribution in [0.2, 0.25) is 0 Å². The number of alkyl carbamates (subject to hydrolysis) is 1. The first kappa shape index (κ1) is 26.3. The predicted octanol–water partition coefficient (Wildman–Crippen LogP) is 2.45. The number of ether oxygens (including phenoxy) is 3. The van der Waals surface area contributed by atoms with Gasteiger partial charge in [0.1, 0.15) is 29.7 Å². The Morgan fingerprint density at radius 1 is 1.22 bits per heavy atom. The summed E-state index contributed by atoms with van der Waals surface area (Å²) in [7, 11) is 1.56. The fourth-order valence-corrected chi connectivity index (χ4v) is 4.94. The molecule has 37 heavy (non-hydrogen) atoms. The molecule has 3 heterocycles. The van der Waals surface area contributed by atoms with Crippen LogP contribution in [-0.2, 0) is 20.7 Å². The number of nitrogens with one attached hydrogen (secondary N) is 2. The van der Waals surface area contributed by atoms with Gasteiger partial charge in [0.05, 0.1) is 25.8 Å². The Bertz CT molecular complexity index is 1270. The number of aliphatic carboxylic acids is 1. The van der Waals surface area contributed by atoms with E-state index in [4.69, 9.17) is 14.2 Å². The van der Waals surface area contributed by atoms with Gasteiger partial charge in [0.2, 0.25) is 5.91 Å². The van der Waals surface area contributed by atoms with Gasteiger partial charge in [-0.3, -0.25) is 9.59 Å². The summed E-state index contributed by atoms with van der Waals surface area (Å²) in [5.41, 5.74) is 0.750. The second-order valence-electron chi connectivity index (χ2n) is 10.5. The van der Waals surface area contributed by atoms with Crippen LogP contribution in [0.5, 0.6) is 11.5 Å². The Morgan fingerprint density at radius 2 is 1.97 bits per heavy atom. The lowest BCUT2D eigenvalue weighted by Crippen LogP contribution is -2.51. The lowest BCUT2D eigenvalue weighted by molar-refractivity contribution is -0.148. The number of pyridine rings is 1. The van der Waals surface area contributed by atoms with Crippen LogP contribution in [0, 0.1) is 5.41 Å². The average molecular weight is 516 g/mol. The van der Waals surface area contributed by atoms with E-state index in [0.717, 1.165) is 18.4 Å². The number of H-pyrrole nitrogens is 1. The highest BCUT2D eigenvalue weighted by Gasteiger charge is 2.42. The van der Waals surface area contributed by atoms with Gasteiger partial charge in [0.25, 0.3) is 5.56 Å². The maximum Gasteiger partial charge on any atom is 0.407 e. The Morgan fingerprint density at radius 3 is 2.68 bits per heavy atom. The van der Waals surface area contributed by atoms with E-state index in [1.165, 1.54) is 17.9 Å². The van der Waals surface area contributed by atoms with E-state index in [2.05, 4.69) is 10.3 Å². The SMILES string of the molecule is COc1cc2[nH]c(=O)cc3c2cc1CCCC(C)(C)COC(=O)N[C@@H](C)C(=O)N1C[C@@H](C[C@H]1C(=O)O)O3. The maximum absolute atomic E-state index is 13.1. The molecule has 3 N–H and O–H groups in total. The minimum atomic E-state index is -1.18. The highest BCUT2D eigenvalue weighted by molar-refractivity contribution is 5.90. The smallest absolute Gasteiger partial charge is 0.407 e. The summed E-state index contributed by atoms with van der Waals surface area (Å²) < 4.78 is 17.1. The van der Waals surface area contributed by atoms with Gasteiger partial charge in [-0.2, -0.15) is 0 Å². The molecule has 2 aliphatic heterocycles. The zero-order valence-corrected chi connectivity index (χ0v) is 21.5. The fourth-order valence-electron chi connectivity index (χ4n) is 4.94. The molecule has 1 fully saturated rings. The van der Waals surface area contributed by atoms with E-state index < -0.39 is 36.2 Å². The second-order valence-corrected chi connectivity index (χ2v) is 10.5. The molecule has 2 aromatic rings. The Labute approximate surface area is 214 Å². The summed E-state index contributed by atoms with van der Waals surface area (Å²) in [6.07, 6.45) is 0.835. The molecule has 0 unspecified atom stereocenters. The average Bonchev–Trinajstić information content (AvgIpc) is 3.25. The zero-order chi connectivity index (χ0) is 26.9. The predicted molar refractivity (Wildman–Crippen MR) is 134 cm³/mol. The monoisotopic (exact) mass is 515 g/mol. The molecule has 2 aliphatic rings. The van der Waals surface area contributed by atoms with E-state index in [9.17, 15) is 24.3 Å². The zero-order valence-electron chi connectivity index (χ0n) is 21.5. The third-order valence-electron chi connectivity index (χ3n) is 6.93. The number of aromatic nitrogens is 1. The first-order chi connectivity index (χ1) is 17.5. The van der Waals surface area contributed by atoms with Gasteiger partial charge in [0.15, 0.2) is 0 Å². The summed E-state index contributed by atoms with van der Waals surface area (Å²) in [6.45, 7) is 5.60. The summed E-state index contributed by atoms with van der Waals surface area (Å²) in [5, 5.41) is 12.9.